The lowest BCUT2D eigenvalue weighted by molar-refractivity contribution is -0.117. The van der Waals surface area contributed by atoms with Crippen molar-refractivity contribution < 1.29 is 9.59 Å². The first-order chi connectivity index (χ1) is 19.7. The number of Topliss-reactive ketones (excluding diaryl/α,β-unsaturated/α-hetero) is 1. The number of fused-ring (bicyclic) bond motifs is 1. The highest BCUT2D eigenvalue weighted by Gasteiger charge is 2.26. The molecule has 1 aromatic heterocycles. The van der Waals surface area contributed by atoms with Gasteiger partial charge >= 0.3 is 0 Å². The first-order valence-electron chi connectivity index (χ1n) is 15.1. The molecule has 1 atom stereocenters. The molecule has 0 amide bonds. The number of carbonyl (C=O) groups is 2. The van der Waals surface area contributed by atoms with Gasteiger partial charge in [0.05, 0.1) is 11.6 Å². The number of nitrogens with zero attached hydrogens (tertiary/aromatic N) is 3. The first kappa shape index (κ1) is 29.2. The number of carbonyl (C=O) groups excluding carboxylic acids is 2. The van der Waals surface area contributed by atoms with E-state index in [0.29, 0.717) is 18.9 Å². The average Bonchev–Trinajstić information content (AvgIpc) is 3.63. The molecule has 0 spiro atoms. The summed E-state index contributed by atoms with van der Waals surface area (Å²) in [5.74, 6) is -0.0302. The third kappa shape index (κ3) is 6.44. The minimum atomic E-state index is -0.216. The molecule has 41 heavy (non-hydrogen) atoms. The first-order valence-corrected chi connectivity index (χ1v) is 15.1. The number of ketones is 2. The van der Waals surface area contributed by atoms with E-state index in [-0.39, 0.29) is 17.5 Å². The number of hydrogen-bond donors (Lipinski definition) is 1. The second-order valence-electron chi connectivity index (χ2n) is 12.1. The fraction of sp³-hybridized carbons (Fsp3) is 0.457. The highest BCUT2D eigenvalue weighted by molar-refractivity contribution is 6.07. The molecule has 5 rings (SSSR count). The molecule has 3 aromatic rings. The Balaban J connectivity index is 1.47. The van der Waals surface area contributed by atoms with Gasteiger partial charge in [-0.15, -0.1) is 0 Å². The molecule has 1 heterocycles. The number of hydrogen-bond acceptors (Lipinski definition) is 5. The zero-order chi connectivity index (χ0) is 29.1. The van der Waals surface area contributed by atoms with E-state index >= 15 is 0 Å². The zero-order valence-corrected chi connectivity index (χ0v) is 25.3. The van der Waals surface area contributed by atoms with Gasteiger partial charge in [0.2, 0.25) is 0 Å². The van der Waals surface area contributed by atoms with Crippen molar-refractivity contribution in [3.8, 4) is 11.1 Å². The van der Waals surface area contributed by atoms with E-state index in [1.807, 2.05) is 27.8 Å². The lowest BCUT2D eigenvalue weighted by atomic mass is 9.84. The third-order valence-electron chi connectivity index (χ3n) is 8.91. The van der Waals surface area contributed by atoms with Gasteiger partial charge < -0.3 is 10.2 Å². The second kappa shape index (κ2) is 12.7. The Bertz CT molecular complexity index is 1490. The van der Waals surface area contributed by atoms with Gasteiger partial charge in [-0.1, -0.05) is 48.8 Å². The molecule has 0 bridgehead atoms. The van der Waals surface area contributed by atoms with Gasteiger partial charge in [0.15, 0.2) is 11.6 Å². The normalized spacial score (nSPS) is 17.9. The predicted molar refractivity (Wildman–Crippen MR) is 167 cm³/mol. The smallest absolute Gasteiger partial charge is 0.163 e. The van der Waals surface area contributed by atoms with Crippen molar-refractivity contribution in [3.63, 3.8) is 0 Å². The Labute approximate surface area is 244 Å². The molecule has 0 radical (unpaired) electrons. The maximum Gasteiger partial charge on any atom is 0.163 e. The fourth-order valence-electron chi connectivity index (χ4n) is 6.52. The largest absolute Gasteiger partial charge is 0.318 e. The molecule has 6 nitrogen and oxygen atoms in total. The number of benzene rings is 2. The zero-order valence-electron chi connectivity index (χ0n) is 25.3. The van der Waals surface area contributed by atoms with Gasteiger partial charge in [-0.25, -0.2) is 0 Å². The Morgan fingerprint density at radius 2 is 1.83 bits per heavy atom. The molecule has 2 aliphatic carbocycles. The van der Waals surface area contributed by atoms with Crippen molar-refractivity contribution in [2.45, 2.75) is 71.9 Å². The molecular weight excluding hydrogens is 508 g/mol. The summed E-state index contributed by atoms with van der Waals surface area (Å²) in [6.45, 7) is 8.80. The van der Waals surface area contributed by atoms with E-state index < -0.39 is 0 Å². The highest BCUT2D eigenvalue weighted by atomic mass is 16.1. The minimum absolute atomic E-state index is 0.0794. The maximum absolute atomic E-state index is 13.7. The van der Waals surface area contributed by atoms with Crippen molar-refractivity contribution in [2.24, 2.45) is 5.92 Å². The van der Waals surface area contributed by atoms with Crippen molar-refractivity contribution in [1.82, 2.24) is 20.0 Å². The Morgan fingerprint density at radius 1 is 1.10 bits per heavy atom. The van der Waals surface area contributed by atoms with Gasteiger partial charge in [0.1, 0.15) is 0 Å². The van der Waals surface area contributed by atoms with E-state index in [1.54, 1.807) is 6.08 Å². The van der Waals surface area contributed by atoms with Crippen molar-refractivity contribution in [3.05, 3.63) is 76.5 Å². The van der Waals surface area contributed by atoms with E-state index in [0.717, 1.165) is 76.8 Å². The van der Waals surface area contributed by atoms with Gasteiger partial charge in [-0.05, 0) is 94.1 Å². The van der Waals surface area contributed by atoms with Gasteiger partial charge in [-0.2, -0.15) is 5.10 Å². The SMILES string of the molecule is CNCCN(C)Cc1ccc(-c2cc(C(=O)CCC3C(=O)C=C(C)C=C3C)c(C)c3nn(C4CCCC4)cc23)cc1. The predicted octanol–water partition coefficient (Wildman–Crippen LogP) is 6.83. The molecule has 1 saturated carbocycles. The van der Waals surface area contributed by atoms with Gasteiger partial charge in [-0.3, -0.25) is 14.3 Å². The third-order valence-corrected chi connectivity index (χ3v) is 8.91. The summed E-state index contributed by atoms with van der Waals surface area (Å²) in [4.78, 5) is 28.7. The van der Waals surface area contributed by atoms with E-state index in [2.05, 4.69) is 64.6 Å². The second-order valence-corrected chi connectivity index (χ2v) is 12.1. The quantitative estimate of drug-likeness (QED) is 0.264. The summed E-state index contributed by atoms with van der Waals surface area (Å²) in [5, 5.41) is 9.38. The van der Waals surface area contributed by atoms with E-state index in [1.165, 1.54) is 18.4 Å². The van der Waals surface area contributed by atoms with Crippen LogP contribution >= 0.6 is 0 Å². The number of likely N-dealkylation sites (N-methyl/N-ethyl adjacent to an activating group) is 2. The Kier molecular flexibility index (Phi) is 9.00. The van der Waals surface area contributed by atoms with Crippen LogP contribution in [0.4, 0.5) is 0 Å². The van der Waals surface area contributed by atoms with Crippen LogP contribution in [0.2, 0.25) is 0 Å². The minimum Gasteiger partial charge on any atom is -0.318 e. The Morgan fingerprint density at radius 3 is 2.51 bits per heavy atom. The summed E-state index contributed by atoms with van der Waals surface area (Å²) in [5.41, 5.74) is 8.01. The monoisotopic (exact) mass is 552 g/mol. The van der Waals surface area contributed by atoms with E-state index in [9.17, 15) is 9.59 Å². The van der Waals surface area contributed by atoms with Crippen molar-refractivity contribution in [1.29, 1.82) is 0 Å². The number of rotatable bonds is 11. The van der Waals surface area contributed by atoms with Crippen LogP contribution in [0, 0.1) is 12.8 Å². The van der Waals surface area contributed by atoms with Gasteiger partial charge in [0, 0.05) is 49.1 Å². The Hall–Kier alpha value is -3.35. The number of aryl methyl sites for hydroxylation is 1. The summed E-state index contributed by atoms with van der Waals surface area (Å²) >= 11 is 0. The van der Waals surface area contributed by atoms with Crippen LogP contribution in [0.1, 0.15) is 79.9 Å². The molecule has 1 unspecified atom stereocenters. The van der Waals surface area contributed by atoms with Crippen molar-refractivity contribution in [2.75, 3.05) is 27.2 Å². The molecule has 1 fully saturated rings. The summed E-state index contributed by atoms with van der Waals surface area (Å²) in [6, 6.07) is 11.2. The molecule has 2 aliphatic rings. The van der Waals surface area contributed by atoms with Crippen LogP contribution in [0.3, 0.4) is 0 Å². The lowest BCUT2D eigenvalue weighted by Crippen LogP contribution is -2.26. The van der Waals surface area contributed by atoms with Gasteiger partial charge in [0.25, 0.3) is 0 Å². The topological polar surface area (TPSA) is 67.2 Å². The standard InChI is InChI=1S/C35H44N4O2/c1-23-18-24(2)29(34(41)19-23)14-15-33(40)30-20-31(27-12-10-26(11-13-27)21-38(5)17-16-36-4)32-22-39(28-8-6-7-9-28)37-35(32)25(30)3/h10-13,18-20,22,28-29,36H,6-9,14-17,21H2,1-5H3. The average molecular weight is 553 g/mol. The number of aromatic nitrogens is 2. The summed E-state index contributed by atoms with van der Waals surface area (Å²) in [6.07, 6.45) is 11.6. The molecule has 1 N–H and O–H groups in total. The molecule has 0 aliphatic heterocycles. The van der Waals surface area contributed by atoms with Crippen LogP contribution in [-0.2, 0) is 11.3 Å². The molecule has 2 aromatic carbocycles. The summed E-state index contributed by atoms with van der Waals surface area (Å²) < 4.78 is 2.15. The van der Waals surface area contributed by atoms with Crippen LogP contribution < -0.4 is 5.32 Å². The lowest BCUT2D eigenvalue weighted by Gasteiger charge is -2.19. The van der Waals surface area contributed by atoms with Crippen LogP contribution in [-0.4, -0.2) is 53.4 Å². The molecular formula is C35H44N4O2. The van der Waals surface area contributed by atoms with Crippen molar-refractivity contribution >= 4 is 22.5 Å². The molecule has 216 valence electrons. The van der Waals surface area contributed by atoms with E-state index in [4.69, 9.17) is 5.10 Å². The van der Waals surface area contributed by atoms with Crippen LogP contribution in [0.25, 0.3) is 22.0 Å². The maximum atomic E-state index is 13.7. The summed E-state index contributed by atoms with van der Waals surface area (Å²) in [7, 11) is 4.12. The van der Waals surface area contributed by atoms with Crippen LogP contribution in [0.5, 0.6) is 0 Å². The van der Waals surface area contributed by atoms with Crippen LogP contribution in [0.15, 0.2) is 59.8 Å². The number of allylic oxidation sites excluding steroid dienone is 4. The number of nitrogens with one attached hydrogen (secondary N) is 1. The fourth-order valence-corrected chi connectivity index (χ4v) is 6.52. The molecule has 0 saturated heterocycles. The highest BCUT2D eigenvalue weighted by Crippen LogP contribution is 2.37. The molecule has 6 heteroatoms.